The number of benzene rings is 3. The number of carbonyl (C=O) groups is 2. The maximum atomic E-state index is 11.3. The third kappa shape index (κ3) is 4.58. The summed E-state index contributed by atoms with van der Waals surface area (Å²) in [5, 5.41) is 36.6. The van der Waals surface area contributed by atoms with Crippen LogP contribution in [0.3, 0.4) is 0 Å². The van der Waals surface area contributed by atoms with E-state index in [1.165, 1.54) is 12.2 Å². The number of hydrogen-bond acceptors (Lipinski definition) is 7. The molecule has 0 saturated carbocycles. The highest BCUT2D eigenvalue weighted by Gasteiger charge is 2.26. The molecule has 36 heavy (non-hydrogen) atoms. The van der Waals surface area contributed by atoms with Crippen molar-refractivity contribution >= 4 is 41.2 Å². The number of fused-ring (bicyclic) bond motifs is 2. The fourth-order valence-corrected chi connectivity index (χ4v) is 3.65. The van der Waals surface area contributed by atoms with Crippen LogP contribution >= 0.6 is 0 Å². The number of rotatable bonds is 6. The van der Waals surface area contributed by atoms with Gasteiger partial charge in [-0.3, -0.25) is 0 Å². The topological polar surface area (TPSA) is 144 Å². The van der Waals surface area contributed by atoms with Crippen LogP contribution in [0.25, 0.3) is 12.2 Å². The number of ether oxygens (including phenoxy) is 2. The second kappa shape index (κ2) is 9.75. The number of methoxy groups -OCH3 is 1. The smallest absolute Gasteiger partial charge is 0.346 e. The van der Waals surface area contributed by atoms with E-state index in [9.17, 15) is 19.8 Å². The van der Waals surface area contributed by atoms with Crippen LogP contribution in [0.15, 0.2) is 71.8 Å². The first kappa shape index (κ1) is 23.6. The Bertz CT molecular complexity index is 1430. The highest BCUT2D eigenvalue weighted by Crippen LogP contribution is 2.51. The number of hydrogen-bond donors (Lipinski definition) is 2. The second-order valence-electron chi connectivity index (χ2n) is 7.54. The number of anilines is 3. The molecule has 0 amide bonds. The lowest BCUT2D eigenvalue weighted by molar-refractivity contribution is -0.133. The average molecular weight is 479 g/mol. The van der Waals surface area contributed by atoms with Crippen LogP contribution < -0.4 is 14.4 Å². The van der Waals surface area contributed by atoms with Crippen molar-refractivity contribution in [3.8, 4) is 29.4 Å². The molecule has 4 rings (SSSR count). The fraction of sp³-hybridized carbons (Fsp3) is 0.0370. The SMILES string of the molecule is COc1ccc(N2c3ccc(/C=C(/C#N)C(=O)O)cc3Oc3cc(/C=C(/C#N)C(=O)O)ccc32)cc1. The minimum absolute atomic E-state index is 0.384. The molecule has 0 unspecified atom stereocenters. The molecule has 3 aromatic carbocycles. The molecule has 0 spiro atoms. The summed E-state index contributed by atoms with van der Waals surface area (Å²) in [5.74, 6) is -1.25. The number of nitriles is 2. The molecular formula is C27H17N3O6. The standard InChI is InChI=1S/C27H17N3O6/c1-35-21-6-4-20(5-7-21)30-22-8-2-16(10-18(14-28)26(31)32)12-24(22)36-25-13-17(3-9-23(25)30)11-19(15-29)27(33)34/h2-13H,1H3,(H,31,32)(H,33,34)/b18-10-,19-11-. The molecule has 1 aliphatic heterocycles. The van der Waals surface area contributed by atoms with Gasteiger partial charge in [-0.25, -0.2) is 9.59 Å². The number of carboxylic acids is 2. The van der Waals surface area contributed by atoms with Gasteiger partial charge in [-0.15, -0.1) is 0 Å². The van der Waals surface area contributed by atoms with Crippen LogP contribution in [0.1, 0.15) is 11.1 Å². The van der Waals surface area contributed by atoms with Gasteiger partial charge in [-0.05, 0) is 71.8 Å². The molecule has 1 aliphatic rings. The van der Waals surface area contributed by atoms with Crippen LogP contribution in [0.4, 0.5) is 17.1 Å². The maximum absolute atomic E-state index is 11.3. The highest BCUT2D eigenvalue weighted by atomic mass is 16.5. The van der Waals surface area contributed by atoms with Gasteiger partial charge in [0.15, 0.2) is 11.5 Å². The van der Waals surface area contributed by atoms with Crippen molar-refractivity contribution in [3.05, 3.63) is 82.9 Å². The molecule has 0 bridgehead atoms. The Morgan fingerprint density at radius 1 is 0.833 bits per heavy atom. The lowest BCUT2D eigenvalue weighted by Gasteiger charge is -2.33. The Labute approximate surface area is 205 Å². The van der Waals surface area contributed by atoms with Gasteiger partial charge in [-0.2, -0.15) is 10.5 Å². The summed E-state index contributed by atoms with van der Waals surface area (Å²) in [6.45, 7) is 0. The van der Waals surface area contributed by atoms with E-state index in [2.05, 4.69) is 0 Å². The van der Waals surface area contributed by atoms with Crippen LogP contribution in [0.5, 0.6) is 17.2 Å². The van der Waals surface area contributed by atoms with E-state index in [1.54, 1.807) is 67.8 Å². The van der Waals surface area contributed by atoms with Crippen molar-refractivity contribution in [1.29, 1.82) is 10.5 Å². The van der Waals surface area contributed by atoms with E-state index in [1.807, 2.05) is 17.0 Å². The van der Waals surface area contributed by atoms with Crippen LogP contribution in [-0.4, -0.2) is 29.3 Å². The first-order chi connectivity index (χ1) is 17.3. The summed E-state index contributed by atoms with van der Waals surface area (Å²) in [6.07, 6.45) is 2.48. The highest BCUT2D eigenvalue weighted by molar-refractivity contribution is 5.98. The first-order valence-electron chi connectivity index (χ1n) is 10.4. The van der Waals surface area contributed by atoms with Crippen molar-refractivity contribution in [2.45, 2.75) is 0 Å². The molecule has 176 valence electrons. The van der Waals surface area contributed by atoms with Crippen molar-refractivity contribution in [2.75, 3.05) is 12.0 Å². The number of aliphatic carboxylic acids is 2. The van der Waals surface area contributed by atoms with Gasteiger partial charge in [0.25, 0.3) is 0 Å². The minimum atomic E-state index is -1.34. The van der Waals surface area contributed by atoms with E-state index in [4.69, 9.17) is 20.0 Å². The molecule has 0 aliphatic carbocycles. The summed E-state index contributed by atoms with van der Waals surface area (Å²) >= 11 is 0. The number of nitrogens with zero attached hydrogens (tertiary/aromatic N) is 3. The van der Waals surface area contributed by atoms with Gasteiger partial charge in [-0.1, -0.05) is 12.1 Å². The Morgan fingerprint density at radius 2 is 1.31 bits per heavy atom. The minimum Gasteiger partial charge on any atom is -0.497 e. The monoisotopic (exact) mass is 479 g/mol. The molecule has 0 fully saturated rings. The van der Waals surface area contributed by atoms with Gasteiger partial charge in [0.05, 0.1) is 18.5 Å². The van der Waals surface area contributed by atoms with E-state index >= 15 is 0 Å². The lowest BCUT2D eigenvalue weighted by Crippen LogP contribution is -2.16. The Hall–Kier alpha value is -5.54. The Kier molecular flexibility index (Phi) is 6.40. The zero-order valence-electron chi connectivity index (χ0n) is 18.8. The average Bonchev–Trinajstić information content (AvgIpc) is 2.88. The summed E-state index contributed by atoms with van der Waals surface area (Å²) < 4.78 is 11.4. The Balaban J connectivity index is 1.87. The lowest BCUT2D eigenvalue weighted by atomic mass is 10.0. The maximum Gasteiger partial charge on any atom is 0.346 e. The van der Waals surface area contributed by atoms with Crippen LogP contribution in [0.2, 0.25) is 0 Å². The predicted molar refractivity (Wildman–Crippen MR) is 130 cm³/mol. The normalized spacial score (nSPS) is 12.4. The van der Waals surface area contributed by atoms with Gasteiger partial charge < -0.3 is 24.6 Å². The van der Waals surface area contributed by atoms with Gasteiger partial charge in [0.2, 0.25) is 0 Å². The third-order valence-corrected chi connectivity index (χ3v) is 5.32. The van der Waals surface area contributed by atoms with Crippen molar-refractivity contribution < 1.29 is 29.3 Å². The van der Waals surface area contributed by atoms with E-state index in [0.29, 0.717) is 39.8 Å². The quantitative estimate of drug-likeness (QED) is 0.280. The summed E-state index contributed by atoms with van der Waals surface area (Å²) in [6, 6.07) is 20.7. The van der Waals surface area contributed by atoms with E-state index in [-0.39, 0.29) is 0 Å². The molecule has 9 nitrogen and oxygen atoms in total. The van der Waals surface area contributed by atoms with E-state index in [0.717, 1.165) is 5.69 Å². The molecule has 3 aromatic rings. The molecule has 9 heteroatoms. The van der Waals surface area contributed by atoms with Crippen LogP contribution in [-0.2, 0) is 9.59 Å². The molecule has 2 N–H and O–H groups in total. The van der Waals surface area contributed by atoms with E-state index < -0.39 is 23.1 Å². The predicted octanol–water partition coefficient (Wildman–Crippen LogP) is 5.25. The van der Waals surface area contributed by atoms with Gasteiger partial charge in [0, 0.05) is 5.69 Å². The van der Waals surface area contributed by atoms with Crippen molar-refractivity contribution in [2.24, 2.45) is 0 Å². The summed E-state index contributed by atoms with van der Waals surface area (Å²) in [5.41, 5.74) is 2.13. The number of carboxylic acid groups (broad SMARTS) is 2. The first-order valence-corrected chi connectivity index (χ1v) is 10.4. The molecule has 0 radical (unpaired) electrons. The zero-order valence-corrected chi connectivity index (χ0v) is 18.8. The third-order valence-electron chi connectivity index (χ3n) is 5.32. The fourth-order valence-electron chi connectivity index (χ4n) is 3.65. The van der Waals surface area contributed by atoms with Gasteiger partial charge in [0.1, 0.15) is 29.0 Å². The summed E-state index contributed by atoms with van der Waals surface area (Å²) in [7, 11) is 1.57. The van der Waals surface area contributed by atoms with Crippen LogP contribution in [0, 0.1) is 22.7 Å². The zero-order chi connectivity index (χ0) is 25.8. The Morgan fingerprint density at radius 3 is 1.69 bits per heavy atom. The molecule has 1 heterocycles. The largest absolute Gasteiger partial charge is 0.497 e. The molecule has 0 saturated heterocycles. The molecular weight excluding hydrogens is 462 g/mol. The molecule has 0 atom stereocenters. The van der Waals surface area contributed by atoms with Crippen molar-refractivity contribution in [1.82, 2.24) is 0 Å². The molecule has 0 aromatic heterocycles. The van der Waals surface area contributed by atoms with Gasteiger partial charge >= 0.3 is 11.9 Å². The van der Waals surface area contributed by atoms with Crippen molar-refractivity contribution in [3.63, 3.8) is 0 Å². The summed E-state index contributed by atoms with van der Waals surface area (Å²) in [4.78, 5) is 24.4. The second-order valence-corrected chi connectivity index (χ2v) is 7.54.